The van der Waals surface area contributed by atoms with Crippen molar-refractivity contribution in [1.29, 1.82) is 0 Å². The summed E-state index contributed by atoms with van der Waals surface area (Å²) in [4.78, 5) is 13.6. The Morgan fingerprint density at radius 1 is 1.16 bits per heavy atom. The molecule has 0 aliphatic carbocycles. The molecular formula is C14H12BrNO3. The van der Waals surface area contributed by atoms with E-state index in [0.717, 1.165) is 0 Å². The monoisotopic (exact) mass is 321 g/mol. The minimum Gasteiger partial charge on any atom is -0.508 e. The van der Waals surface area contributed by atoms with Crippen LogP contribution in [0.2, 0.25) is 0 Å². The minimum absolute atomic E-state index is 0.00941. The molecule has 98 valence electrons. The highest BCUT2D eigenvalue weighted by molar-refractivity contribution is 9.10. The molecule has 0 saturated carbocycles. The van der Waals surface area contributed by atoms with Crippen LogP contribution < -0.4 is 4.90 Å². The van der Waals surface area contributed by atoms with Crippen LogP contribution in [-0.2, 0) is 0 Å². The summed E-state index contributed by atoms with van der Waals surface area (Å²) < 4.78 is 0.532. The Hall–Kier alpha value is -2.01. The number of carbonyl (C=O) groups is 1. The maximum Gasteiger partial charge on any atom is 0.258 e. The Bertz CT molecular complexity index is 628. The van der Waals surface area contributed by atoms with Gasteiger partial charge in [0, 0.05) is 24.4 Å². The van der Waals surface area contributed by atoms with E-state index in [0.29, 0.717) is 15.7 Å². The topological polar surface area (TPSA) is 60.8 Å². The molecule has 2 rings (SSSR count). The van der Waals surface area contributed by atoms with Gasteiger partial charge in [0.25, 0.3) is 5.91 Å². The fraction of sp³-hybridized carbons (Fsp3) is 0.0714. The molecule has 2 N–H and O–H groups in total. The van der Waals surface area contributed by atoms with E-state index >= 15 is 0 Å². The lowest BCUT2D eigenvalue weighted by Gasteiger charge is -2.17. The van der Waals surface area contributed by atoms with Crippen molar-refractivity contribution in [2.24, 2.45) is 0 Å². The number of phenols is 2. The molecule has 0 unspecified atom stereocenters. The van der Waals surface area contributed by atoms with Crippen LogP contribution in [0.25, 0.3) is 0 Å². The van der Waals surface area contributed by atoms with Crippen LogP contribution in [0.4, 0.5) is 5.69 Å². The van der Waals surface area contributed by atoms with E-state index in [9.17, 15) is 15.0 Å². The number of amides is 1. The zero-order valence-electron chi connectivity index (χ0n) is 10.2. The third-order valence-electron chi connectivity index (χ3n) is 2.71. The molecule has 0 atom stereocenters. The molecule has 2 aromatic rings. The van der Waals surface area contributed by atoms with Gasteiger partial charge in [-0.25, -0.2) is 0 Å². The van der Waals surface area contributed by atoms with Gasteiger partial charge in [0.05, 0.1) is 4.47 Å². The van der Waals surface area contributed by atoms with Gasteiger partial charge in [-0.2, -0.15) is 0 Å². The van der Waals surface area contributed by atoms with E-state index in [4.69, 9.17) is 0 Å². The summed E-state index contributed by atoms with van der Waals surface area (Å²) >= 11 is 3.16. The zero-order chi connectivity index (χ0) is 14.0. The van der Waals surface area contributed by atoms with Gasteiger partial charge in [-0.1, -0.05) is 6.07 Å². The van der Waals surface area contributed by atoms with Gasteiger partial charge in [0.1, 0.15) is 11.5 Å². The molecule has 5 heteroatoms. The number of aromatic hydroxyl groups is 2. The van der Waals surface area contributed by atoms with E-state index in [-0.39, 0.29) is 17.4 Å². The number of nitrogens with zero attached hydrogens (tertiary/aromatic N) is 1. The number of halogens is 1. The highest BCUT2D eigenvalue weighted by Gasteiger charge is 2.15. The highest BCUT2D eigenvalue weighted by Crippen LogP contribution is 2.26. The summed E-state index contributed by atoms with van der Waals surface area (Å²) in [5.74, 6) is -0.167. The molecule has 0 bridgehead atoms. The number of carbonyl (C=O) groups excluding carboxylic acids is 1. The Morgan fingerprint density at radius 3 is 2.53 bits per heavy atom. The maximum atomic E-state index is 12.2. The van der Waals surface area contributed by atoms with Crippen molar-refractivity contribution in [2.75, 3.05) is 11.9 Å². The average molecular weight is 322 g/mol. The first kappa shape index (κ1) is 13.4. The first-order chi connectivity index (χ1) is 8.99. The molecule has 1 amide bonds. The molecule has 0 saturated heterocycles. The van der Waals surface area contributed by atoms with Crippen molar-refractivity contribution in [2.45, 2.75) is 0 Å². The molecule has 0 fully saturated rings. The van der Waals surface area contributed by atoms with Crippen molar-refractivity contribution < 1.29 is 15.0 Å². The summed E-state index contributed by atoms with van der Waals surface area (Å²) in [6.45, 7) is 0. The van der Waals surface area contributed by atoms with E-state index in [2.05, 4.69) is 15.9 Å². The quantitative estimate of drug-likeness (QED) is 0.893. The van der Waals surface area contributed by atoms with Gasteiger partial charge < -0.3 is 15.1 Å². The first-order valence-corrected chi connectivity index (χ1v) is 6.34. The standard InChI is InChI=1S/C14H12BrNO3/c1-16(10-3-2-4-11(17)8-10)14(19)9-5-6-12(15)13(18)7-9/h2-8,17-18H,1H3. The van der Waals surface area contributed by atoms with Crippen LogP contribution in [0, 0.1) is 0 Å². The lowest BCUT2D eigenvalue weighted by molar-refractivity contribution is 0.0992. The molecule has 0 aromatic heterocycles. The smallest absolute Gasteiger partial charge is 0.258 e. The Kier molecular flexibility index (Phi) is 3.76. The molecule has 0 heterocycles. The van der Waals surface area contributed by atoms with E-state index in [1.54, 1.807) is 31.3 Å². The first-order valence-electron chi connectivity index (χ1n) is 5.54. The summed E-state index contributed by atoms with van der Waals surface area (Å²) in [7, 11) is 1.61. The van der Waals surface area contributed by atoms with E-state index in [1.165, 1.54) is 23.1 Å². The molecule has 0 radical (unpaired) electrons. The molecular weight excluding hydrogens is 310 g/mol. The minimum atomic E-state index is -0.270. The number of phenolic OH excluding ortho intramolecular Hbond substituents is 2. The van der Waals surface area contributed by atoms with Crippen LogP contribution in [0.3, 0.4) is 0 Å². The van der Waals surface area contributed by atoms with Gasteiger partial charge >= 0.3 is 0 Å². The van der Waals surface area contributed by atoms with Crippen LogP contribution >= 0.6 is 15.9 Å². The lowest BCUT2D eigenvalue weighted by atomic mass is 10.1. The molecule has 0 aliphatic heterocycles. The van der Waals surface area contributed by atoms with Gasteiger partial charge in [-0.05, 0) is 46.3 Å². The second-order valence-electron chi connectivity index (χ2n) is 4.05. The van der Waals surface area contributed by atoms with Gasteiger partial charge in [0.15, 0.2) is 0 Å². The van der Waals surface area contributed by atoms with Crippen molar-refractivity contribution in [3.63, 3.8) is 0 Å². The van der Waals surface area contributed by atoms with Gasteiger partial charge in [0.2, 0.25) is 0 Å². The number of rotatable bonds is 2. The normalized spacial score (nSPS) is 10.2. The SMILES string of the molecule is CN(C(=O)c1ccc(Br)c(O)c1)c1cccc(O)c1. The van der Waals surface area contributed by atoms with E-state index < -0.39 is 0 Å². The zero-order valence-corrected chi connectivity index (χ0v) is 11.8. The van der Waals surface area contributed by atoms with Crippen molar-refractivity contribution >= 4 is 27.5 Å². The fourth-order valence-electron chi connectivity index (χ4n) is 1.66. The van der Waals surface area contributed by atoms with Crippen LogP contribution in [0.15, 0.2) is 46.9 Å². The van der Waals surface area contributed by atoms with Gasteiger partial charge in [-0.3, -0.25) is 4.79 Å². The molecule has 0 spiro atoms. The number of benzene rings is 2. The number of hydrogen-bond acceptors (Lipinski definition) is 3. The van der Waals surface area contributed by atoms with Crippen molar-refractivity contribution in [1.82, 2.24) is 0 Å². The Balaban J connectivity index is 2.30. The maximum absolute atomic E-state index is 12.2. The lowest BCUT2D eigenvalue weighted by Crippen LogP contribution is -2.26. The largest absolute Gasteiger partial charge is 0.508 e. The fourth-order valence-corrected chi connectivity index (χ4v) is 1.90. The number of anilines is 1. The average Bonchev–Trinajstić information content (AvgIpc) is 2.40. The van der Waals surface area contributed by atoms with Crippen molar-refractivity contribution in [3.05, 3.63) is 52.5 Å². The Morgan fingerprint density at radius 2 is 1.89 bits per heavy atom. The molecule has 4 nitrogen and oxygen atoms in total. The molecule has 0 aliphatic rings. The third kappa shape index (κ3) is 2.88. The number of hydrogen-bond donors (Lipinski definition) is 2. The van der Waals surface area contributed by atoms with Gasteiger partial charge in [-0.15, -0.1) is 0 Å². The van der Waals surface area contributed by atoms with Crippen LogP contribution in [-0.4, -0.2) is 23.2 Å². The predicted octanol–water partition coefficient (Wildman–Crippen LogP) is 3.14. The molecule has 2 aromatic carbocycles. The van der Waals surface area contributed by atoms with Crippen LogP contribution in [0.1, 0.15) is 10.4 Å². The van der Waals surface area contributed by atoms with Crippen molar-refractivity contribution in [3.8, 4) is 11.5 Å². The predicted molar refractivity (Wildman–Crippen MR) is 76.6 cm³/mol. The highest BCUT2D eigenvalue weighted by atomic mass is 79.9. The summed E-state index contributed by atoms with van der Waals surface area (Å²) in [6.07, 6.45) is 0. The van der Waals surface area contributed by atoms with E-state index in [1.807, 2.05) is 0 Å². The summed E-state index contributed by atoms with van der Waals surface area (Å²) in [5.41, 5.74) is 0.943. The summed E-state index contributed by atoms with van der Waals surface area (Å²) in [5, 5.41) is 19.0. The Labute approximate surface area is 119 Å². The third-order valence-corrected chi connectivity index (χ3v) is 3.39. The van der Waals surface area contributed by atoms with Crippen LogP contribution in [0.5, 0.6) is 11.5 Å². The second kappa shape index (κ2) is 5.32. The second-order valence-corrected chi connectivity index (χ2v) is 4.90. The molecule has 19 heavy (non-hydrogen) atoms. The summed E-state index contributed by atoms with van der Waals surface area (Å²) in [6, 6.07) is 11.0.